The number of hydrogen-bond acceptors (Lipinski definition) is 5. The molecule has 0 aliphatic carbocycles. The Bertz CT molecular complexity index is 1280. The Morgan fingerprint density at radius 3 is 2.88 bits per heavy atom. The largest absolute Gasteiger partial charge is 0.487 e. The molecule has 2 aromatic carbocycles. The number of halogens is 2. The highest BCUT2D eigenvalue weighted by Gasteiger charge is 2.07. The molecule has 0 amide bonds. The minimum Gasteiger partial charge on any atom is -0.487 e. The van der Waals surface area contributed by atoms with Gasteiger partial charge in [-0.25, -0.2) is 14.4 Å². The Balaban J connectivity index is 1.29. The monoisotopic (exact) mass is 525 g/mol. The van der Waals surface area contributed by atoms with Gasteiger partial charge in [0.25, 0.3) is 0 Å². The normalized spacial score (nSPS) is 11.4. The van der Waals surface area contributed by atoms with Crippen LogP contribution in [0.5, 0.6) is 5.75 Å². The molecule has 2 aromatic heterocycles. The number of aryl methyl sites for hydroxylation is 3. The van der Waals surface area contributed by atoms with E-state index in [4.69, 9.17) is 9.15 Å². The fourth-order valence-electron chi connectivity index (χ4n) is 3.59. The molecule has 0 spiro atoms. The highest BCUT2D eigenvalue weighted by molar-refractivity contribution is 9.10. The average Bonchev–Trinajstić information content (AvgIpc) is 3.47. The van der Waals surface area contributed by atoms with Crippen LogP contribution >= 0.6 is 15.9 Å². The van der Waals surface area contributed by atoms with Gasteiger partial charge in [-0.3, -0.25) is 0 Å². The first kappa shape index (κ1) is 23.9. The lowest BCUT2D eigenvalue weighted by Gasteiger charge is -2.10. The van der Waals surface area contributed by atoms with Crippen molar-refractivity contribution in [1.82, 2.24) is 14.5 Å². The molecule has 6 nitrogen and oxygen atoms in total. The summed E-state index contributed by atoms with van der Waals surface area (Å²) < 4.78 is 27.9. The van der Waals surface area contributed by atoms with Crippen molar-refractivity contribution in [2.45, 2.75) is 39.5 Å². The fraction of sp³-hybridized carbons (Fsp3) is 0.231. The smallest absolute Gasteiger partial charge is 0.218 e. The summed E-state index contributed by atoms with van der Waals surface area (Å²) in [4.78, 5) is 8.50. The zero-order chi connectivity index (χ0) is 23.9. The molecule has 4 rings (SSSR count). The number of hydrogen-bond donors (Lipinski definition) is 1. The molecule has 0 fully saturated rings. The highest BCUT2D eigenvalue weighted by atomic mass is 79.9. The molecule has 8 heteroatoms. The lowest BCUT2D eigenvalue weighted by molar-refractivity contribution is 0.264. The molecule has 0 bridgehead atoms. The second kappa shape index (κ2) is 11.3. The van der Waals surface area contributed by atoms with Gasteiger partial charge in [-0.1, -0.05) is 28.1 Å². The molecule has 4 aromatic rings. The molecule has 1 N–H and O–H groups in total. The first-order chi connectivity index (χ1) is 16.5. The summed E-state index contributed by atoms with van der Waals surface area (Å²) in [6.45, 7) is 3.10. The lowest BCUT2D eigenvalue weighted by Crippen LogP contribution is -2.04. The second-order valence-corrected chi connectivity index (χ2v) is 8.77. The van der Waals surface area contributed by atoms with Crippen LogP contribution in [0.2, 0.25) is 0 Å². The van der Waals surface area contributed by atoms with E-state index in [0.717, 1.165) is 30.7 Å². The van der Waals surface area contributed by atoms with Gasteiger partial charge in [-0.15, -0.1) is 0 Å². The zero-order valence-electron chi connectivity index (χ0n) is 18.7. The first-order valence-electron chi connectivity index (χ1n) is 10.9. The first-order valence-corrected chi connectivity index (χ1v) is 11.7. The van der Waals surface area contributed by atoms with E-state index in [-0.39, 0.29) is 19.0 Å². The standard InChI is InChI=1S/C26H25BrFN3O3/c1-18-13-23(8-5-19(18)3-2-11-31-12-10-29-25(31)15-32)33-16-22-17-34-26(30-22)9-6-20-4-7-21(27)14-24(20)28/h4-10,12-14,17,32H,2-3,11,15-16H2,1H3/b9-6+. The molecule has 0 saturated heterocycles. The SMILES string of the molecule is Cc1cc(OCc2coc(/C=C/c3ccc(Br)cc3F)n2)ccc1CCCn1ccnc1CO. The van der Waals surface area contributed by atoms with E-state index >= 15 is 0 Å². The highest BCUT2D eigenvalue weighted by Crippen LogP contribution is 2.21. The van der Waals surface area contributed by atoms with Crippen LogP contribution in [0, 0.1) is 12.7 Å². The summed E-state index contributed by atoms with van der Waals surface area (Å²) in [5, 5.41) is 9.30. The quantitative estimate of drug-likeness (QED) is 0.276. The number of ether oxygens (including phenoxy) is 1. The molecule has 0 unspecified atom stereocenters. The van der Waals surface area contributed by atoms with Gasteiger partial charge in [0.2, 0.25) is 5.89 Å². The Labute approximate surface area is 205 Å². The number of aromatic nitrogens is 3. The Hall–Kier alpha value is -3.23. The Morgan fingerprint density at radius 2 is 2.09 bits per heavy atom. The van der Waals surface area contributed by atoms with Gasteiger partial charge in [0, 0.05) is 35.1 Å². The number of oxazole rings is 1. The average molecular weight is 526 g/mol. The fourth-order valence-corrected chi connectivity index (χ4v) is 3.93. The maximum atomic E-state index is 13.9. The maximum Gasteiger partial charge on any atom is 0.218 e. The van der Waals surface area contributed by atoms with E-state index in [2.05, 4.69) is 38.9 Å². The van der Waals surface area contributed by atoms with E-state index in [0.29, 0.717) is 27.4 Å². The number of imidazole rings is 1. The molecule has 2 heterocycles. The van der Waals surface area contributed by atoms with Crippen LogP contribution in [0.3, 0.4) is 0 Å². The van der Waals surface area contributed by atoms with Gasteiger partial charge in [0.05, 0.1) is 0 Å². The number of aliphatic hydroxyl groups is 1. The number of rotatable bonds is 10. The van der Waals surface area contributed by atoms with Crippen molar-refractivity contribution in [3.63, 3.8) is 0 Å². The van der Waals surface area contributed by atoms with Crippen molar-refractivity contribution >= 4 is 28.1 Å². The molecular weight excluding hydrogens is 501 g/mol. The van der Waals surface area contributed by atoms with Crippen molar-refractivity contribution in [2.24, 2.45) is 0 Å². The van der Waals surface area contributed by atoms with Crippen molar-refractivity contribution in [3.05, 3.63) is 99.4 Å². The zero-order valence-corrected chi connectivity index (χ0v) is 20.3. The molecule has 34 heavy (non-hydrogen) atoms. The predicted molar refractivity (Wildman–Crippen MR) is 132 cm³/mol. The second-order valence-electron chi connectivity index (χ2n) is 7.85. The van der Waals surface area contributed by atoms with Crippen LogP contribution in [0.1, 0.15) is 40.5 Å². The Morgan fingerprint density at radius 1 is 1.21 bits per heavy atom. The van der Waals surface area contributed by atoms with Gasteiger partial charge in [0.15, 0.2) is 0 Å². The number of aliphatic hydroxyl groups excluding tert-OH is 1. The van der Waals surface area contributed by atoms with Crippen LogP contribution in [0.25, 0.3) is 12.2 Å². The van der Waals surface area contributed by atoms with Gasteiger partial charge >= 0.3 is 0 Å². The summed E-state index contributed by atoms with van der Waals surface area (Å²) in [6.07, 6.45) is 10.3. The molecule has 0 atom stereocenters. The lowest BCUT2D eigenvalue weighted by atomic mass is 10.0. The number of benzene rings is 2. The van der Waals surface area contributed by atoms with Crippen LogP contribution in [-0.2, 0) is 26.2 Å². The summed E-state index contributed by atoms with van der Waals surface area (Å²) in [6, 6.07) is 10.9. The third-order valence-electron chi connectivity index (χ3n) is 5.43. The molecule has 0 saturated carbocycles. The number of nitrogens with zero attached hydrogens (tertiary/aromatic N) is 3. The van der Waals surface area contributed by atoms with Crippen LogP contribution in [0.4, 0.5) is 4.39 Å². The van der Waals surface area contributed by atoms with Crippen molar-refractivity contribution in [1.29, 1.82) is 0 Å². The summed E-state index contributed by atoms with van der Waals surface area (Å²) >= 11 is 3.24. The van der Waals surface area contributed by atoms with Gasteiger partial charge in [-0.2, -0.15) is 0 Å². The third-order valence-corrected chi connectivity index (χ3v) is 5.92. The Kier molecular flexibility index (Phi) is 7.92. The van der Waals surface area contributed by atoms with E-state index in [9.17, 15) is 9.50 Å². The van der Waals surface area contributed by atoms with Crippen molar-refractivity contribution in [3.8, 4) is 5.75 Å². The summed E-state index contributed by atoms with van der Waals surface area (Å²) in [5.74, 6) is 1.51. The maximum absolute atomic E-state index is 13.9. The molecule has 0 aliphatic rings. The molecule has 0 radical (unpaired) electrons. The topological polar surface area (TPSA) is 73.3 Å². The van der Waals surface area contributed by atoms with E-state index in [1.54, 1.807) is 30.5 Å². The predicted octanol–water partition coefficient (Wildman–Crippen LogP) is 5.96. The minimum atomic E-state index is -0.323. The van der Waals surface area contributed by atoms with Crippen molar-refractivity contribution in [2.75, 3.05) is 0 Å². The molecule has 176 valence electrons. The summed E-state index contributed by atoms with van der Waals surface area (Å²) in [7, 11) is 0. The van der Waals surface area contributed by atoms with Gasteiger partial charge in [-0.05, 0) is 61.2 Å². The third kappa shape index (κ3) is 6.21. The van der Waals surface area contributed by atoms with Crippen LogP contribution in [-0.4, -0.2) is 19.6 Å². The van der Waals surface area contributed by atoms with Gasteiger partial charge < -0.3 is 18.8 Å². The van der Waals surface area contributed by atoms with E-state index in [1.165, 1.54) is 17.9 Å². The summed E-state index contributed by atoms with van der Waals surface area (Å²) in [5.41, 5.74) is 3.52. The van der Waals surface area contributed by atoms with Crippen LogP contribution in [0.15, 0.2) is 63.9 Å². The van der Waals surface area contributed by atoms with Crippen molar-refractivity contribution < 1.29 is 18.7 Å². The molecular formula is C26H25BrFN3O3. The minimum absolute atomic E-state index is 0.0505. The van der Waals surface area contributed by atoms with Crippen LogP contribution < -0.4 is 4.74 Å². The van der Waals surface area contributed by atoms with E-state index < -0.39 is 0 Å². The van der Waals surface area contributed by atoms with Gasteiger partial charge in [0.1, 0.15) is 42.6 Å². The van der Waals surface area contributed by atoms with E-state index in [1.807, 2.05) is 22.9 Å². The molecule has 0 aliphatic heterocycles.